The average molecular weight is 857 g/mol. The quantitative estimate of drug-likeness (QED) is 0.126. The Morgan fingerprint density at radius 1 is 0.933 bits per heavy atom. The molecule has 0 bridgehead atoms. The molecule has 2 saturated heterocycles. The molecule has 17 heteroatoms. The molecule has 0 aliphatic carbocycles. The average Bonchev–Trinajstić information content (AvgIpc) is 3.44. The van der Waals surface area contributed by atoms with Gasteiger partial charge in [0.05, 0.1) is 44.9 Å². The minimum absolute atomic E-state index is 0.0707. The van der Waals surface area contributed by atoms with Crippen molar-refractivity contribution in [2.75, 3.05) is 35.7 Å². The van der Waals surface area contributed by atoms with Crippen molar-refractivity contribution in [2.24, 2.45) is 0 Å². The van der Waals surface area contributed by atoms with Gasteiger partial charge in [-0.1, -0.05) is 29.8 Å². The fourth-order valence-corrected chi connectivity index (χ4v) is 9.22. The summed E-state index contributed by atoms with van der Waals surface area (Å²) in [5, 5.41) is 8.22. The molecule has 7 rings (SSSR count). The van der Waals surface area contributed by atoms with Crippen LogP contribution in [0.4, 0.5) is 28.8 Å². The minimum atomic E-state index is -3.59. The number of nitrogens with zero attached hydrogens (tertiary/aromatic N) is 5. The largest absolute Gasteiger partial charge is 0.489 e. The molecule has 60 heavy (non-hydrogen) atoms. The number of sulfone groups is 1. The summed E-state index contributed by atoms with van der Waals surface area (Å²) in [5.74, 6) is -0.971. The van der Waals surface area contributed by atoms with Crippen LogP contribution in [0.5, 0.6) is 5.75 Å². The number of carbonyl (C=O) groups is 4. The molecule has 3 aromatic carbocycles. The summed E-state index contributed by atoms with van der Waals surface area (Å²) in [6.07, 6.45) is 3.28. The number of ether oxygens (including phenoxy) is 1. The topological polar surface area (TPSA) is 183 Å². The fourth-order valence-electron chi connectivity index (χ4n) is 7.88. The van der Waals surface area contributed by atoms with Crippen LogP contribution in [0.2, 0.25) is 5.02 Å². The van der Waals surface area contributed by atoms with Crippen LogP contribution in [0.25, 0.3) is 0 Å². The first kappa shape index (κ1) is 42.5. The molecule has 3 aliphatic heterocycles. The lowest BCUT2D eigenvalue weighted by Crippen LogP contribution is -2.54. The van der Waals surface area contributed by atoms with E-state index in [9.17, 15) is 27.6 Å². The summed E-state index contributed by atoms with van der Waals surface area (Å²) < 4.78 is 32.5. The van der Waals surface area contributed by atoms with Crippen molar-refractivity contribution >= 4 is 73.9 Å². The molecule has 1 aromatic heterocycles. The Hall–Kier alpha value is -5.58. The lowest BCUT2D eigenvalue weighted by molar-refractivity contribution is -0.136. The van der Waals surface area contributed by atoms with E-state index in [1.54, 1.807) is 50.2 Å². The molecule has 4 aromatic rings. The van der Waals surface area contributed by atoms with E-state index in [0.717, 1.165) is 47.6 Å². The molecule has 3 N–H and O–H groups in total. The minimum Gasteiger partial charge on any atom is -0.489 e. The number of fused-ring (bicyclic) bond motifs is 1. The van der Waals surface area contributed by atoms with Gasteiger partial charge in [-0.05, 0) is 102 Å². The van der Waals surface area contributed by atoms with Gasteiger partial charge in [0.15, 0.2) is 15.7 Å². The van der Waals surface area contributed by atoms with Crippen LogP contribution >= 0.6 is 11.6 Å². The van der Waals surface area contributed by atoms with E-state index in [-0.39, 0.29) is 57.8 Å². The number of piperidine rings is 2. The molecule has 4 heterocycles. The Bertz CT molecular complexity index is 2470. The number of hydrogen-bond donors (Lipinski definition) is 3. The number of para-hydroxylation sites is 1. The second-order valence-electron chi connectivity index (χ2n) is 16.0. The van der Waals surface area contributed by atoms with Crippen LogP contribution in [0.15, 0.2) is 65.7 Å². The van der Waals surface area contributed by atoms with Gasteiger partial charge in [0.2, 0.25) is 17.8 Å². The summed E-state index contributed by atoms with van der Waals surface area (Å²) in [5.41, 5.74) is 4.50. The summed E-state index contributed by atoms with van der Waals surface area (Å²) >= 11 is 6.51. The summed E-state index contributed by atoms with van der Waals surface area (Å²) in [4.78, 5) is 65.5. The second kappa shape index (κ2) is 17.2. The molecule has 3 aliphatic rings. The molecule has 1 atom stereocenters. The number of hydrogen-bond acceptors (Lipinski definition) is 13. The van der Waals surface area contributed by atoms with E-state index in [1.165, 1.54) is 6.20 Å². The SMILES string of the molecule is Cc1cc(Nc2ncc(Cl)c(Nc3ccccc3S(=O)(=O)C(C)C)n2)c(OC(C)C)cc1N1CCC(N(C)Cc2ccc3c(c2)C(=O)N(C2CCC(=O)NC2=O)C3=O)CC1. The normalized spacial score (nSPS) is 17.5. The van der Waals surface area contributed by atoms with Gasteiger partial charge in [0.1, 0.15) is 16.8 Å². The summed E-state index contributed by atoms with van der Waals surface area (Å²) in [6.45, 7) is 11.4. The van der Waals surface area contributed by atoms with Gasteiger partial charge in [0.25, 0.3) is 11.8 Å². The molecule has 316 valence electrons. The highest BCUT2D eigenvalue weighted by molar-refractivity contribution is 7.92. The third-order valence-corrected chi connectivity index (χ3v) is 13.6. The number of imide groups is 2. The number of amides is 4. The third kappa shape index (κ3) is 8.67. The van der Waals surface area contributed by atoms with E-state index >= 15 is 0 Å². The zero-order valence-electron chi connectivity index (χ0n) is 34.4. The molecular weight excluding hydrogens is 808 g/mol. The first-order valence-electron chi connectivity index (χ1n) is 20.0. The van der Waals surface area contributed by atoms with Gasteiger partial charge < -0.3 is 20.3 Å². The van der Waals surface area contributed by atoms with Crippen LogP contribution < -0.4 is 25.6 Å². The van der Waals surface area contributed by atoms with Gasteiger partial charge in [-0.15, -0.1) is 0 Å². The molecular formula is C43H49ClN8O7S. The number of halogens is 1. The van der Waals surface area contributed by atoms with Gasteiger partial charge in [-0.2, -0.15) is 4.98 Å². The van der Waals surface area contributed by atoms with E-state index in [1.807, 2.05) is 39.0 Å². The van der Waals surface area contributed by atoms with E-state index in [4.69, 9.17) is 16.3 Å². The Balaban J connectivity index is 1.02. The molecule has 15 nitrogen and oxygen atoms in total. The second-order valence-corrected chi connectivity index (χ2v) is 18.9. The lowest BCUT2D eigenvalue weighted by atomic mass is 10.00. The van der Waals surface area contributed by atoms with Gasteiger partial charge in [-0.3, -0.25) is 34.3 Å². The highest BCUT2D eigenvalue weighted by Crippen LogP contribution is 2.38. The zero-order chi connectivity index (χ0) is 43.0. The van der Waals surface area contributed by atoms with Crippen molar-refractivity contribution in [3.05, 3.63) is 88.1 Å². The number of nitrogens with one attached hydrogen (secondary N) is 3. The Kier molecular flexibility index (Phi) is 12.2. The number of anilines is 5. The number of aromatic nitrogens is 2. The fraction of sp³-hybridized carbons (Fsp3) is 0.395. The van der Waals surface area contributed by atoms with Crippen molar-refractivity contribution in [3.8, 4) is 5.75 Å². The Morgan fingerprint density at radius 3 is 2.35 bits per heavy atom. The number of rotatable bonds is 13. The van der Waals surface area contributed by atoms with E-state index < -0.39 is 44.8 Å². The predicted octanol–water partition coefficient (Wildman–Crippen LogP) is 6.40. The highest BCUT2D eigenvalue weighted by atomic mass is 35.5. The first-order valence-corrected chi connectivity index (χ1v) is 21.9. The van der Waals surface area contributed by atoms with Crippen LogP contribution in [0.3, 0.4) is 0 Å². The third-order valence-electron chi connectivity index (χ3n) is 11.1. The number of carbonyl (C=O) groups excluding carboxylic acids is 4. The first-order chi connectivity index (χ1) is 28.5. The molecule has 1 unspecified atom stereocenters. The molecule has 2 fully saturated rings. The standard InChI is InChI=1S/C43H49ClN8O7S/c1-24(2)59-36-21-35(26(5)19-33(36)47-43-45-22-31(44)39(49-43)46-32-9-7-8-10-37(32)60(57,58)25(3)4)51-17-15-28(16-18-51)50(6)23-27-11-12-29-30(20-27)42(56)52(41(29)55)34-13-14-38(53)48-40(34)54/h7-12,19-22,24-25,28,34H,13-18,23H2,1-6H3,(H,48,53,54)(H2,45,46,47,49). The zero-order valence-corrected chi connectivity index (χ0v) is 36.0. The molecule has 0 saturated carbocycles. The molecule has 0 spiro atoms. The highest BCUT2D eigenvalue weighted by Gasteiger charge is 2.44. The maximum atomic E-state index is 13.4. The monoisotopic (exact) mass is 856 g/mol. The Morgan fingerprint density at radius 2 is 1.65 bits per heavy atom. The van der Waals surface area contributed by atoms with E-state index in [2.05, 4.69) is 42.8 Å². The van der Waals surface area contributed by atoms with Gasteiger partial charge in [-0.25, -0.2) is 13.4 Å². The molecule has 4 amide bonds. The van der Waals surface area contributed by atoms with Gasteiger partial charge >= 0.3 is 0 Å². The van der Waals surface area contributed by atoms with Crippen molar-refractivity contribution < 1.29 is 32.3 Å². The van der Waals surface area contributed by atoms with E-state index in [0.29, 0.717) is 23.7 Å². The van der Waals surface area contributed by atoms with Crippen LogP contribution in [-0.4, -0.2) is 95.4 Å². The van der Waals surface area contributed by atoms with Crippen molar-refractivity contribution in [1.29, 1.82) is 0 Å². The van der Waals surface area contributed by atoms with Crippen LogP contribution in [0.1, 0.15) is 85.2 Å². The van der Waals surface area contributed by atoms with Crippen LogP contribution in [-0.2, 0) is 26.0 Å². The molecule has 0 radical (unpaired) electrons. The van der Waals surface area contributed by atoms with Crippen LogP contribution in [0, 0.1) is 6.92 Å². The summed E-state index contributed by atoms with van der Waals surface area (Å²) in [7, 11) is -1.53. The smallest absolute Gasteiger partial charge is 0.262 e. The van der Waals surface area contributed by atoms with Gasteiger partial charge in [0, 0.05) is 43.9 Å². The maximum Gasteiger partial charge on any atom is 0.262 e. The predicted molar refractivity (Wildman–Crippen MR) is 229 cm³/mol. The van der Waals surface area contributed by atoms with Crippen molar-refractivity contribution in [1.82, 2.24) is 25.1 Å². The maximum absolute atomic E-state index is 13.4. The lowest BCUT2D eigenvalue weighted by Gasteiger charge is -2.38. The van der Waals surface area contributed by atoms with Crippen molar-refractivity contribution in [2.45, 2.75) is 95.2 Å². The number of aryl methyl sites for hydroxylation is 1. The Labute approximate surface area is 354 Å². The van der Waals surface area contributed by atoms with Crippen molar-refractivity contribution in [3.63, 3.8) is 0 Å². The summed E-state index contributed by atoms with van der Waals surface area (Å²) in [6, 6.07) is 15.2. The number of benzene rings is 3.